The monoisotopic (exact) mass is 484 g/mol. The number of aliphatic hydroxyl groups is 1. The lowest BCUT2D eigenvalue weighted by Crippen LogP contribution is -2.51. The van der Waals surface area contributed by atoms with Gasteiger partial charge in [0.05, 0.1) is 24.2 Å². The van der Waals surface area contributed by atoms with Crippen LogP contribution < -0.4 is 4.74 Å². The number of ether oxygens (including phenoxy) is 1. The predicted octanol–water partition coefficient (Wildman–Crippen LogP) is 5.39. The summed E-state index contributed by atoms with van der Waals surface area (Å²) >= 11 is 0. The first-order valence-electron chi connectivity index (χ1n) is 12.5. The summed E-state index contributed by atoms with van der Waals surface area (Å²) in [6.45, 7) is 4.16. The molecule has 184 valence electrons. The van der Waals surface area contributed by atoms with E-state index in [4.69, 9.17) is 8.92 Å². The van der Waals surface area contributed by atoms with Crippen molar-refractivity contribution in [1.29, 1.82) is 0 Å². The zero-order chi connectivity index (χ0) is 24.1. The summed E-state index contributed by atoms with van der Waals surface area (Å²) in [5.41, 5.74) is 2.76. The van der Waals surface area contributed by atoms with Crippen molar-refractivity contribution >= 4 is 10.1 Å². The maximum absolute atomic E-state index is 12.6. The fourth-order valence-electron chi connectivity index (χ4n) is 7.30. The molecule has 0 saturated heterocycles. The molecule has 2 saturated carbocycles. The maximum Gasteiger partial charge on any atom is 0.296 e. The predicted molar refractivity (Wildman–Crippen MR) is 131 cm³/mol. The number of hydrogen-bond acceptors (Lipinski definition) is 5. The first kappa shape index (κ1) is 23.8. The van der Waals surface area contributed by atoms with Crippen molar-refractivity contribution in [1.82, 2.24) is 0 Å². The minimum Gasteiger partial charge on any atom is -0.497 e. The molecule has 5 rings (SSSR count). The molecule has 0 heterocycles. The molecule has 2 aromatic carbocycles. The second-order valence-electron chi connectivity index (χ2n) is 10.8. The SMILES string of the molecule is COc1ccc2c(c1)CC[C@@H]1[C@@H]2CC[C@@]2(C)[C@H]1CC[C@@]2(O)CCOS(=O)(=O)c1ccc(C)cc1. The van der Waals surface area contributed by atoms with Gasteiger partial charge in [0.15, 0.2) is 0 Å². The van der Waals surface area contributed by atoms with Crippen LogP contribution in [0.5, 0.6) is 5.75 Å². The Kier molecular flexibility index (Phi) is 6.06. The molecule has 0 amide bonds. The number of methoxy groups -OCH3 is 1. The van der Waals surface area contributed by atoms with Crippen molar-refractivity contribution in [2.45, 2.75) is 75.2 Å². The van der Waals surface area contributed by atoms with E-state index in [1.54, 1.807) is 31.4 Å². The highest BCUT2D eigenvalue weighted by atomic mass is 32.2. The van der Waals surface area contributed by atoms with Crippen LogP contribution in [0.2, 0.25) is 0 Å². The molecule has 2 aromatic rings. The molecule has 0 spiro atoms. The lowest BCUT2D eigenvalue weighted by molar-refractivity contribution is -0.111. The molecule has 5 atom stereocenters. The second kappa shape index (κ2) is 8.65. The molecule has 0 bridgehead atoms. The normalized spacial score (nSPS) is 32.5. The molecule has 0 aliphatic heterocycles. The Morgan fingerprint density at radius 1 is 1.06 bits per heavy atom. The van der Waals surface area contributed by atoms with Crippen molar-refractivity contribution in [3.05, 3.63) is 59.2 Å². The molecule has 1 N–H and O–H groups in total. The number of benzene rings is 2. The fraction of sp³-hybridized carbons (Fsp3) is 0.571. The lowest BCUT2D eigenvalue weighted by Gasteiger charge is -2.53. The van der Waals surface area contributed by atoms with Crippen molar-refractivity contribution in [3.63, 3.8) is 0 Å². The third kappa shape index (κ3) is 3.88. The first-order valence-corrected chi connectivity index (χ1v) is 13.9. The number of rotatable bonds is 6. The Balaban J connectivity index is 1.29. The molecule has 3 aliphatic carbocycles. The Hall–Kier alpha value is -1.89. The van der Waals surface area contributed by atoms with Gasteiger partial charge in [0, 0.05) is 6.42 Å². The summed E-state index contributed by atoms with van der Waals surface area (Å²) in [7, 11) is -2.11. The number of fused-ring (bicyclic) bond motifs is 5. The number of hydrogen-bond donors (Lipinski definition) is 1. The molecule has 0 unspecified atom stereocenters. The summed E-state index contributed by atoms with van der Waals surface area (Å²) in [4.78, 5) is 0.165. The van der Waals surface area contributed by atoms with Gasteiger partial charge in [-0.25, -0.2) is 0 Å². The average Bonchev–Trinajstić information content (AvgIpc) is 3.09. The van der Waals surface area contributed by atoms with Gasteiger partial charge in [0.25, 0.3) is 10.1 Å². The van der Waals surface area contributed by atoms with E-state index in [1.165, 1.54) is 11.1 Å². The molecular weight excluding hydrogens is 448 g/mol. The number of aryl methyl sites for hydroxylation is 2. The Morgan fingerprint density at radius 2 is 1.82 bits per heavy atom. The Bertz CT molecular complexity index is 1160. The van der Waals surface area contributed by atoms with Gasteiger partial charge in [-0.05, 0) is 104 Å². The molecule has 6 heteroatoms. The van der Waals surface area contributed by atoms with E-state index >= 15 is 0 Å². The van der Waals surface area contributed by atoms with Gasteiger partial charge in [-0.3, -0.25) is 4.18 Å². The summed E-state index contributed by atoms with van der Waals surface area (Å²) in [5, 5.41) is 11.8. The van der Waals surface area contributed by atoms with Gasteiger partial charge < -0.3 is 9.84 Å². The van der Waals surface area contributed by atoms with Crippen LogP contribution in [0.1, 0.15) is 68.1 Å². The van der Waals surface area contributed by atoms with Crippen molar-refractivity contribution < 1.29 is 22.4 Å². The smallest absolute Gasteiger partial charge is 0.296 e. The van der Waals surface area contributed by atoms with E-state index in [9.17, 15) is 13.5 Å². The average molecular weight is 485 g/mol. The zero-order valence-corrected chi connectivity index (χ0v) is 21.2. The molecule has 2 fully saturated rings. The fourth-order valence-corrected chi connectivity index (χ4v) is 8.21. The lowest BCUT2D eigenvalue weighted by atomic mass is 9.53. The minimum absolute atomic E-state index is 0.00570. The zero-order valence-electron chi connectivity index (χ0n) is 20.4. The summed E-state index contributed by atoms with van der Waals surface area (Å²) < 4.78 is 36.1. The van der Waals surface area contributed by atoms with Crippen LogP contribution in [0.25, 0.3) is 0 Å². The van der Waals surface area contributed by atoms with E-state index in [2.05, 4.69) is 25.1 Å². The van der Waals surface area contributed by atoms with Crippen LogP contribution >= 0.6 is 0 Å². The molecule has 0 aromatic heterocycles. The molecule has 3 aliphatic rings. The van der Waals surface area contributed by atoms with Gasteiger partial charge in [0.1, 0.15) is 5.75 Å². The highest BCUT2D eigenvalue weighted by Gasteiger charge is 2.61. The summed E-state index contributed by atoms with van der Waals surface area (Å²) in [6.07, 6.45) is 6.24. The standard InChI is InChI=1S/C28H36O5S/c1-19-4-8-22(9-5-19)34(30,31)33-17-16-28(29)15-13-26-25-10-6-20-18-21(32-3)7-11-23(20)24(25)12-14-27(26,28)2/h4-5,7-9,11,18,24-26,29H,6,10,12-17H2,1-3H3/t24-,25-,26+,27+,28-/m1/s1. The van der Waals surface area contributed by atoms with Crippen LogP contribution in [-0.2, 0) is 20.7 Å². The van der Waals surface area contributed by atoms with Gasteiger partial charge >= 0.3 is 0 Å². The van der Waals surface area contributed by atoms with E-state index in [1.807, 2.05) is 6.92 Å². The van der Waals surface area contributed by atoms with Crippen LogP contribution in [0.15, 0.2) is 47.4 Å². The summed E-state index contributed by atoms with van der Waals surface area (Å²) in [6, 6.07) is 13.2. The third-order valence-electron chi connectivity index (χ3n) is 9.32. The molecule has 0 radical (unpaired) electrons. The maximum atomic E-state index is 12.6. The van der Waals surface area contributed by atoms with Crippen LogP contribution in [0, 0.1) is 24.2 Å². The van der Waals surface area contributed by atoms with E-state index < -0.39 is 15.7 Å². The third-order valence-corrected chi connectivity index (χ3v) is 10.6. The van der Waals surface area contributed by atoms with Crippen molar-refractivity contribution in [2.24, 2.45) is 17.3 Å². The Labute approximate surface area is 203 Å². The highest BCUT2D eigenvalue weighted by Crippen LogP contribution is 2.65. The topological polar surface area (TPSA) is 72.8 Å². The Morgan fingerprint density at radius 3 is 2.56 bits per heavy atom. The minimum atomic E-state index is -3.82. The van der Waals surface area contributed by atoms with Crippen molar-refractivity contribution in [3.8, 4) is 5.75 Å². The van der Waals surface area contributed by atoms with Crippen LogP contribution in [0.4, 0.5) is 0 Å². The second-order valence-corrected chi connectivity index (χ2v) is 12.5. The van der Waals surface area contributed by atoms with E-state index in [-0.39, 0.29) is 16.9 Å². The molecular formula is C28H36O5S. The highest BCUT2D eigenvalue weighted by molar-refractivity contribution is 7.86. The van der Waals surface area contributed by atoms with Crippen molar-refractivity contribution in [2.75, 3.05) is 13.7 Å². The van der Waals surface area contributed by atoms with Crippen LogP contribution in [-0.4, -0.2) is 32.8 Å². The largest absolute Gasteiger partial charge is 0.497 e. The van der Waals surface area contributed by atoms with E-state index in [0.717, 1.165) is 43.4 Å². The summed E-state index contributed by atoms with van der Waals surface area (Å²) in [5.74, 6) is 2.47. The van der Waals surface area contributed by atoms with Gasteiger partial charge in [-0.2, -0.15) is 8.42 Å². The van der Waals surface area contributed by atoms with Gasteiger partial charge in [-0.15, -0.1) is 0 Å². The molecule has 5 nitrogen and oxygen atoms in total. The quantitative estimate of drug-likeness (QED) is 0.557. The van der Waals surface area contributed by atoms with E-state index in [0.29, 0.717) is 30.6 Å². The van der Waals surface area contributed by atoms with Gasteiger partial charge in [-0.1, -0.05) is 30.7 Å². The van der Waals surface area contributed by atoms with Gasteiger partial charge in [0.2, 0.25) is 0 Å². The first-order chi connectivity index (χ1) is 16.2. The molecule has 34 heavy (non-hydrogen) atoms. The van der Waals surface area contributed by atoms with Crippen LogP contribution in [0.3, 0.4) is 0 Å².